The minimum atomic E-state index is 0.0939. The molecule has 1 aromatic heterocycles. The summed E-state index contributed by atoms with van der Waals surface area (Å²) >= 11 is 4.90. The third kappa shape index (κ3) is 4.95. The fraction of sp³-hybridized carbons (Fsp3) is 0.312. The molecule has 2 rings (SSSR count). The van der Waals surface area contributed by atoms with E-state index in [2.05, 4.69) is 33.0 Å². The summed E-state index contributed by atoms with van der Waals surface area (Å²) in [6.45, 7) is 2.21. The standard InChI is InChI=1S/C16H19BrN2OS/c1-18(2)10-11-19(12-13-6-4-3-5-7-13)16(20)14-8-9-15(17)21-14/h3-9H,10-12H2,1-2H3. The molecule has 0 unspecified atom stereocenters. The van der Waals surface area contributed by atoms with E-state index < -0.39 is 0 Å². The second-order valence-electron chi connectivity index (χ2n) is 5.12. The Hall–Kier alpha value is -1.17. The van der Waals surface area contributed by atoms with Gasteiger partial charge in [0.25, 0.3) is 5.91 Å². The molecule has 0 atom stereocenters. The van der Waals surface area contributed by atoms with Gasteiger partial charge in [0.05, 0.1) is 8.66 Å². The smallest absolute Gasteiger partial charge is 0.264 e. The van der Waals surface area contributed by atoms with Crippen LogP contribution in [-0.4, -0.2) is 42.9 Å². The predicted molar refractivity (Wildman–Crippen MR) is 91.8 cm³/mol. The van der Waals surface area contributed by atoms with Gasteiger partial charge in [-0.2, -0.15) is 0 Å². The number of nitrogens with zero attached hydrogens (tertiary/aromatic N) is 2. The molecular formula is C16H19BrN2OS. The maximum Gasteiger partial charge on any atom is 0.264 e. The van der Waals surface area contributed by atoms with E-state index in [1.165, 1.54) is 11.3 Å². The molecule has 0 bridgehead atoms. The summed E-state index contributed by atoms with van der Waals surface area (Å²) in [6.07, 6.45) is 0. The predicted octanol–water partition coefficient (Wildman–Crippen LogP) is 3.71. The Balaban J connectivity index is 2.13. The van der Waals surface area contributed by atoms with Crippen LogP contribution in [0.15, 0.2) is 46.3 Å². The van der Waals surface area contributed by atoms with Gasteiger partial charge in [0.1, 0.15) is 0 Å². The largest absolute Gasteiger partial charge is 0.332 e. The Morgan fingerprint density at radius 1 is 1.10 bits per heavy atom. The Morgan fingerprint density at radius 3 is 2.38 bits per heavy atom. The second kappa shape index (κ2) is 7.73. The topological polar surface area (TPSA) is 23.6 Å². The van der Waals surface area contributed by atoms with Gasteiger partial charge in [0.15, 0.2) is 0 Å². The van der Waals surface area contributed by atoms with Gasteiger partial charge in [0, 0.05) is 19.6 Å². The first-order valence-corrected chi connectivity index (χ1v) is 8.40. The normalized spacial score (nSPS) is 10.9. The lowest BCUT2D eigenvalue weighted by atomic mass is 10.2. The SMILES string of the molecule is CN(C)CCN(Cc1ccccc1)C(=O)c1ccc(Br)s1. The molecule has 1 amide bonds. The van der Waals surface area contributed by atoms with Crippen molar-refractivity contribution in [3.05, 3.63) is 56.7 Å². The highest BCUT2D eigenvalue weighted by molar-refractivity contribution is 9.11. The van der Waals surface area contributed by atoms with Crippen LogP contribution in [0.2, 0.25) is 0 Å². The summed E-state index contributed by atoms with van der Waals surface area (Å²) in [5, 5.41) is 0. The number of carbonyl (C=O) groups is 1. The summed E-state index contributed by atoms with van der Waals surface area (Å²) in [6, 6.07) is 13.9. The maximum atomic E-state index is 12.7. The number of halogens is 1. The molecule has 0 fully saturated rings. The monoisotopic (exact) mass is 366 g/mol. The van der Waals surface area contributed by atoms with Crippen LogP contribution < -0.4 is 0 Å². The van der Waals surface area contributed by atoms with Gasteiger partial charge < -0.3 is 9.80 Å². The first-order valence-electron chi connectivity index (χ1n) is 6.79. The average molecular weight is 367 g/mol. The van der Waals surface area contributed by atoms with Crippen LogP contribution in [0.5, 0.6) is 0 Å². The van der Waals surface area contributed by atoms with Crippen LogP contribution in [0.3, 0.4) is 0 Å². The van der Waals surface area contributed by atoms with Crippen molar-refractivity contribution in [3.63, 3.8) is 0 Å². The minimum Gasteiger partial charge on any atom is -0.332 e. The Labute approximate surface area is 138 Å². The summed E-state index contributed by atoms with van der Waals surface area (Å²) in [5.41, 5.74) is 1.15. The Morgan fingerprint density at radius 2 is 1.81 bits per heavy atom. The number of hydrogen-bond acceptors (Lipinski definition) is 3. The van der Waals surface area contributed by atoms with Crippen LogP contribution in [0.4, 0.5) is 0 Å². The molecular weight excluding hydrogens is 348 g/mol. The van der Waals surface area contributed by atoms with E-state index in [4.69, 9.17) is 0 Å². The number of rotatable bonds is 6. The van der Waals surface area contributed by atoms with Crippen LogP contribution >= 0.6 is 27.3 Å². The zero-order chi connectivity index (χ0) is 15.2. The summed E-state index contributed by atoms with van der Waals surface area (Å²) in [7, 11) is 4.04. The van der Waals surface area contributed by atoms with E-state index >= 15 is 0 Å². The Kier molecular flexibility index (Phi) is 5.96. The first-order chi connectivity index (χ1) is 10.1. The van der Waals surface area contributed by atoms with E-state index in [9.17, 15) is 4.79 Å². The molecule has 21 heavy (non-hydrogen) atoms. The van der Waals surface area contributed by atoms with E-state index in [1.807, 2.05) is 49.3 Å². The third-order valence-electron chi connectivity index (χ3n) is 3.10. The van der Waals surface area contributed by atoms with Gasteiger partial charge in [-0.3, -0.25) is 4.79 Å². The number of thiophene rings is 1. The third-order valence-corrected chi connectivity index (χ3v) is 4.72. The molecule has 1 heterocycles. The van der Waals surface area contributed by atoms with E-state index in [0.717, 1.165) is 27.3 Å². The van der Waals surface area contributed by atoms with Crippen molar-refractivity contribution >= 4 is 33.2 Å². The van der Waals surface area contributed by atoms with Gasteiger partial charge in [0.2, 0.25) is 0 Å². The zero-order valence-corrected chi connectivity index (χ0v) is 14.7. The molecule has 0 N–H and O–H groups in total. The fourth-order valence-electron chi connectivity index (χ4n) is 1.96. The van der Waals surface area contributed by atoms with Gasteiger partial charge in [-0.15, -0.1) is 11.3 Å². The number of amides is 1. The number of likely N-dealkylation sites (N-methyl/N-ethyl adjacent to an activating group) is 1. The lowest BCUT2D eigenvalue weighted by Crippen LogP contribution is -2.35. The first kappa shape index (κ1) is 16.2. The number of hydrogen-bond donors (Lipinski definition) is 0. The molecule has 3 nitrogen and oxygen atoms in total. The van der Waals surface area contributed by atoms with Crippen molar-refractivity contribution < 1.29 is 4.79 Å². The highest BCUT2D eigenvalue weighted by atomic mass is 79.9. The molecule has 1 aromatic carbocycles. The molecule has 0 saturated carbocycles. The molecule has 0 radical (unpaired) electrons. The summed E-state index contributed by atoms with van der Waals surface area (Å²) < 4.78 is 0.984. The average Bonchev–Trinajstić information content (AvgIpc) is 2.90. The summed E-state index contributed by atoms with van der Waals surface area (Å²) in [5.74, 6) is 0.0939. The molecule has 0 aliphatic rings. The van der Waals surface area contributed by atoms with Crippen LogP contribution in [0.1, 0.15) is 15.2 Å². The van der Waals surface area contributed by atoms with Crippen molar-refractivity contribution in [3.8, 4) is 0 Å². The van der Waals surface area contributed by atoms with E-state index in [0.29, 0.717) is 6.54 Å². The molecule has 0 aliphatic carbocycles. The van der Waals surface area contributed by atoms with Gasteiger partial charge >= 0.3 is 0 Å². The van der Waals surface area contributed by atoms with Gasteiger partial charge in [-0.25, -0.2) is 0 Å². The van der Waals surface area contributed by atoms with Crippen molar-refractivity contribution in [1.82, 2.24) is 9.80 Å². The maximum absolute atomic E-state index is 12.7. The van der Waals surface area contributed by atoms with Crippen LogP contribution in [0.25, 0.3) is 0 Å². The molecule has 0 spiro atoms. The van der Waals surface area contributed by atoms with E-state index in [-0.39, 0.29) is 5.91 Å². The van der Waals surface area contributed by atoms with Crippen molar-refractivity contribution in [2.24, 2.45) is 0 Å². The highest BCUT2D eigenvalue weighted by Crippen LogP contribution is 2.23. The molecule has 0 aliphatic heterocycles. The molecule has 5 heteroatoms. The minimum absolute atomic E-state index is 0.0939. The summed E-state index contributed by atoms with van der Waals surface area (Å²) in [4.78, 5) is 17.4. The van der Waals surface area contributed by atoms with Crippen LogP contribution in [-0.2, 0) is 6.54 Å². The van der Waals surface area contributed by atoms with Gasteiger partial charge in [-0.1, -0.05) is 30.3 Å². The number of benzene rings is 1. The highest BCUT2D eigenvalue weighted by Gasteiger charge is 2.18. The Bertz CT molecular complexity index is 583. The van der Waals surface area contributed by atoms with Crippen LogP contribution in [0, 0.1) is 0 Å². The zero-order valence-electron chi connectivity index (χ0n) is 12.3. The van der Waals surface area contributed by atoms with E-state index in [1.54, 1.807) is 0 Å². The lowest BCUT2D eigenvalue weighted by Gasteiger charge is -2.24. The van der Waals surface area contributed by atoms with Gasteiger partial charge in [-0.05, 0) is 47.7 Å². The van der Waals surface area contributed by atoms with Crippen molar-refractivity contribution in [2.45, 2.75) is 6.54 Å². The van der Waals surface area contributed by atoms with Crippen molar-refractivity contribution in [1.29, 1.82) is 0 Å². The fourth-order valence-corrected chi connectivity index (χ4v) is 3.32. The lowest BCUT2D eigenvalue weighted by molar-refractivity contribution is 0.0737. The molecule has 0 saturated heterocycles. The molecule has 112 valence electrons. The quantitative estimate of drug-likeness (QED) is 0.777. The second-order valence-corrected chi connectivity index (χ2v) is 7.58. The number of carbonyl (C=O) groups excluding carboxylic acids is 1. The van der Waals surface area contributed by atoms with Crippen molar-refractivity contribution in [2.75, 3.05) is 27.2 Å². The molecule has 2 aromatic rings.